The Morgan fingerprint density at radius 3 is 2.29 bits per heavy atom. The third kappa shape index (κ3) is 5.61. The minimum atomic E-state index is -0.876. The topological polar surface area (TPSA) is 80.3 Å². The molecule has 1 aromatic carbocycles. The number of nitrogens with one attached hydrogen (secondary N) is 2. The second kappa shape index (κ2) is 8.69. The number of carbonyl (C=O) groups is 2. The van der Waals surface area contributed by atoms with Gasteiger partial charge in [0.1, 0.15) is 22.3 Å². The molecule has 0 saturated heterocycles. The average Bonchev–Trinajstić information content (AvgIpc) is 2.57. The number of hydrogen-bond acceptors (Lipinski definition) is 4. The Labute approximate surface area is 180 Å². The number of anilines is 2. The zero-order valence-corrected chi connectivity index (χ0v) is 17.8. The predicted molar refractivity (Wildman–Crippen MR) is 108 cm³/mol. The van der Waals surface area contributed by atoms with Gasteiger partial charge in [-0.15, -0.1) is 0 Å². The fraction of sp³-hybridized carbons (Fsp3) is 0.235. The highest BCUT2D eigenvalue weighted by atomic mass is 35.5. The molecule has 11 heteroatoms. The Balaban J connectivity index is 2.25. The number of ether oxygens (including phenoxy) is 1. The van der Waals surface area contributed by atoms with E-state index in [1.54, 1.807) is 20.8 Å². The highest BCUT2D eigenvalue weighted by Gasteiger charge is 2.22. The normalized spacial score (nSPS) is 11.1. The number of aromatic nitrogens is 1. The van der Waals surface area contributed by atoms with Gasteiger partial charge in [-0.1, -0.05) is 46.4 Å². The van der Waals surface area contributed by atoms with E-state index >= 15 is 0 Å². The van der Waals surface area contributed by atoms with Crippen molar-refractivity contribution < 1.29 is 18.7 Å². The molecule has 0 aliphatic carbocycles. The zero-order chi connectivity index (χ0) is 21.2. The largest absolute Gasteiger partial charge is 0.444 e. The predicted octanol–water partition coefficient (Wildman–Crippen LogP) is 6.43. The Morgan fingerprint density at radius 2 is 1.68 bits per heavy atom. The number of hydrogen-bond donors (Lipinski definition) is 2. The van der Waals surface area contributed by atoms with Crippen molar-refractivity contribution in [2.24, 2.45) is 0 Å². The first-order valence-electron chi connectivity index (χ1n) is 7.70. The minimum absolute atomic E-state index is 0.111. The summed E-state index contributed by atoms with van der Waals surface area (Å²) in [6.07, 6.45) is -0.739. The second-order valence-corrected chi connectivity index (χ2v) is 7.96. The highest BCUT2D eigenvalue weighted by molar-refractivity contribution is 6.52. The summed E-state index contributed by atoms with van der Waals surface area (Å²) < 4.78 is 19.2. The quantitative estimate of drug-likeness (QED) is 0.508. The van der Waals surface area contributed by atoms with Gasteiger partial charge in [0.25, 0.3) is 5.91 Å². The molecule has 0 fully saturated rings. The summed E-state index contributed by atoms with van der Waals surface area (Å²) in [7, 11) is 0. The van der Waals surface area contributed by atoms with Crippen molar-refractivity contribution in [2.75, 3.05) is 10.6 Å². The number of nitrogens with zero attached hydrogens (tertiary/aromatic N) is 1. The molecule has 2 aromatic rings. The van der Waals surface area contributed by atoms with Crippen molar-refractivity contribution in [1.82, 2.24) is 4.98 Å². The van der Waals surface area contributed by atoms with Crippen LogP contribution in [0.5, 0.6) is 0 Å². The lowest BCUT2D eigenvalue weighted by Crippen LogP contribution is -2.27. The zero-order valence-electron chi connectivity index (χ0n) is 14.8. The van der Waals surface area contributed by atoms with Gasteiger partial charge in [0, 0.05) is 5.69 Å². The number of pyridine rings is 1. The summed E-state index contributed by atoms with van der Waals surface area (Å²) in [5.74, 6) is -1.64. The number of amides is 2. The van der Waals surface area contributed by atoms with Crippen molar-refractivity contribution in [1.29, 1.82) is 0 Å². The summed E-state index contributed by atoms with van der Waals surface area (Å²) in [6, 6.07) is 3.56. The van der Waals surface area contributed by atoms with E-state index in [1.165, 1.54) is 12.1 Å². The molecular weight excluding hydrogens is 455 g/mol. The number of carbonyl (C=O) groups excluding carboxylic acids is 2. The summed E-state index contributed by atoms with van der Waals surface area (Å²) in [4.78, 5) is 28.0. The van der Waals surface area contributed by atoms with Crippen molar-refractivity contribution in [2.45, 2.75) is 26.4 Å². The smallest absolute Gasteiger partial charge is 0.412 e. The molecule has 28 heavy (non-hydrogen) atoms. The Morgan fingerprint density at radius 1 is 1.04 bits per heavy atom. The van der Waals surface area contributed by atoms with Crippen molar-refractivity contribution in [3.8, 4) is 0 Å². The Kier molecular flexibility index (Phi) is 6.98. The summed E-state index contributed by atoms with van der Waals surface area (Å²) >= 11 is 23.5. The van der Waals surface area contributed by atoms with Crippen LogP contribution in [0.1, 0.15) is 31.3 Å². The van der Waals surface area contributed by atoms with Gasteiger partial charge in [-0.25, -0.2) is 14.2 Å². The number of halogens is 5. The first kappa shape index (κ1) is 22.5. The third-order valence-corrected chi connectivity index (χ3v) is 4.74. The van der Waals surface area contributed by atoms with Crippen LogP contribution in [0.25, 0.3) is 0 Å². The van der Waals surface area contributed by atoms with E-state index in [0.29, 0.717) is 0 Å². The van der Waals surface area contributed by atoms with Gasteiger partial charge in [0.15, 0.2) is 0 Å². The maximum absolute atomic E-state index is 14.1. The standard InChI is InChI=1S/C17H14Cl4FN3O3/c1-17(2,3)28-16(27)23-7-4-5-8(22)9(6-7)24-15(26)13-11(19)10(18)12(20)14(21)25-13/h4-6H,1-3H3,(H,23,27)(H,24,26). The number of rotatable bonds is 3. The lowest BCUT2D eigenvalue weighted by atomic mass is 10.2. The van der Waals surface area contributed by atoms with Gasteiger partial charge in [0.05, 0.1) is 20.8 Å². The molecule has 1 aromatic heterocycles. The van der Waals surface area contributed by atoms with Crippen LogP contribution in [0.2, 0.25) is 20.2 Å². The molecule has 2 N–H and O–H groups in total. The van der Waals surface area contributed by atoms with E-state index in [9.17, 15) is 14.0 Å². The van der Waals surface area contributed by atoms with E-state index in [0.717, 1.165) is 6.07 Å². The van der Waals surface area contributed by atoms with Crippen molar-refractivity contribution >= 4 is 69.8 Å². The van der Waals surface area contributed by atoms with Crippen molar-refractivity contribution in [3.63, 3.8) is 0 Å². The molecule has 2 rings (SSSR count). The summed E-state index contributed by atoms with van der Waals surface area (Å²) in [5, 5.41) is 3.98. The molecule has 0 unspecified atom stereocenters. The maximum atomic E-state index is 14.1. The van der Waals surface area contributed by atoms with E-state index in [2.05, 4.69) is 15.6 Å². The van der Waals surface area contributed by atoms with Crippen LogP contribution >= 0.6 is 46.4 Å². The molecule has 0 radical (unpaired) electrons. The van der Waals surface area contributed by atoms with E-state index in [-0.39, 0.29) is 37.3 Å². The van der Waals surface area contributed by atoms with Crippen LogP contribution in [0.15, 0.2) is 18.2 Å². The first-order valence-corrected chi connectivity index (χ1v) is 9.21. The summed E-state index contributed by atoms with van der Waals surface area (Å²) in [5.41, 5.74) is -1.10. The lowest BCUT2D eigenvalue weighted by Gasteiger charge is -2.20. The molecule has 0 bridgehead atoms. The Bertz CT molecular complexity index is 948. The molecule has 2 amide bonds. The average molecular weight is 469 g/mol. The van der Waals surface area contributed by atoms with Crippen LogP contribution in [0.4, 0.5) is 20.6 Å². The molecule has 0 spiro atoms. The number of benzene rings is 1. The van der Waals surface area contributed by atoms with Gasteiger partial charge in [-0.05, 0) is 39.0 Å². The van der Waals surface area contributed by atoms with E-state index in [1.807, 2.05) is 0 Å². The highest BCUT2D eigenvalue weighted by Crippen LogP contribution is 2.36. The lowest BCUT2D eigenvalue weighted by molar-refractivity contribution is 0.0636. The maximum Gasteiger partial charge on any atom is 0.412 e. The van der Waals surface area contributed by atoms with Gasteiger partial charge in [0.2, 0.25) is 0 Å². The SMILES string of the molecule is CC(C)(C)OC(=O)Nc1ccc(F)c(NC(=O)c2nc(Cl)c(Cl)c(Cl)c2Cl)c1. The molecule has 0 atom stereocenters. The van der Waals surface area contributed by atoms with Crippen LogP contribution in [0, 0.1) is 5.82 Å². The van der Waals surface area contributed by atoms with E-state index in [4.69, 9.17) is 51.1 Å². The van der Waals surface area contributed by atoms with Gasteiger partial charge < -0.3 is 10.1 Å². The molecule has 150 valence electrons. The molecule has 0 saturated carbocycles. The molecule has 0 aliphatic rings. The first-order chi connectivity index (χ1) is 12.9. The fourth-order valence-electron chi connectivity index (χ4n) is 1.94. The van der Waals surface area contributed by atoms with Crippen LogP contribution < -0.4 is 10.6 Å². The van der Waals surface area contributed by atoms with Gasteiger partial charge in [-0.2, -0.15) is 0 Å². The monoisotopic (exact) mass is 467 g/mol. The van der Waals surface area contributed by atoms with Gasteiger partial charge in [-0.3, -0.25) is 10.1 Å². The van der Waals surface area contributed by atoms with Crippen LogP contribution in [-0.2, 0) is 4.74 Å². The van der Waals surface area contributed by atoms with Crippen LogP contribution in [-0.4, -0.2) is 22.6 Å². The molecule has 1 heterocycles. The second-order valence-electron chi connectivity index (χ2n) is 6.47. The fourth-order valence-corrected chi connectivity index (χ4v) is 2.75. The van der Waals surface area contributed by atoms with Crippen LogP contribution in [0.3, 0.4) is 0 Å². The minimum Gasteiger partial charge on any atom is -0.444 e. The summed E-state index contributed by atoms with van der Waals surface area (Å²) in [6.45, 7) is 5.09. The van der Waals surface area contributed by atoms with E-state index < -0.39 is 23.4 Å². The van der Waals surface area contributed by atoms with Crippen molar-refractivity contribution in [3.05, 3.63) is 49.9 Å². The van der Waals surface area contributed by atoms with Gasteiger partial charge >= 0.3 is 6.09 Å². The third-order valence-electron chi connectivity index (χ3n) is 3.06. The molecule has 6 nitrogen and oxygen atoms in total. The molecule has 0 aliphatic heterocycles. The Hall–Kier alpha value is -1.80. The molecular formula is C17H14Cl4FN3O3.